The predicted octanol–water partition coefficient (Wildman–Crippen LogP) is 8.88. The molecule has 15 heteroatoms. The van der Waals surface area contributed by atoms with Crippen LogP contribution in [0.1, 0.15) is 47.9 Å². The SMILES string of the molecule is O=C(O)C1CCCN(C(=O)C=Cc2ccc(Sc3ccc(C=CC(=O)N4CCCC(C(=O)O)C4)c(-c4ccc5c(c4)CCOO5)c3Cl)c(Cl)c2-c2ccc3c(c2)CCOO3)C1. The second-order valence-electron chi connectivity index (χ2n) is 15.3. The zero-order valence-corrected chi connectivity index (χ0v) is 35.3. The zero-order valence-electron chi connectivity index (χ0n) is 32.9. The lowest BCUT2D eigenvalue weighted by Gasteiger charge is -2.29. The normalized spacial score (nSPS) is 18.9. The molecule has 2 atom stereocenters. The second kappa shape index (κ2) is 18.8. The van der Waals surface area contributed by atoms with Crippen LogP contribution in [0.25, 0.3) is 34.4 Å². The molecule has 2 unspecified atom stereocenters. The Bertz CT molecular complexity index is 2290. The Hall–Kier alpha value is -5.31. The molecule has 61 heavy (non-hydrogen) atoms. The Balaban J connectivity index is 1.15. The highest BCUT2D eigenvalue weighted by molar-refractivity contribution is 7.99. The Morgan fingerprint density at radius 3 is 1.51 bits per heavy atom. The summed E-state index contributed by atoms with van der Waals surface area (Å²) in [6, 6.07) is 18.9. The molecule has 12 nitrogen and oxygen atoms in total. The quantitative estimate of drug-likeness (QED) is 0.116. The Morgan fingerprint density at radius 1 is 0.639 bits per heavy atom. The van der Waals surface area contributed by atoms with E-state index in [1.807, 2.05) is 60.7 Å². The summed E-state index contributed by atoms with van der Waals surface area (Å²) in [5.41, 5.74) is 6.21. The van der Waals surface area contributed by atoms with Crippen molar-refractivity contribution in [2.24, 2.45) is 11.8 Å². The third-order valence-corrected chi connectivity index (χ3v) is 13.5. The van der Waals surface area contributed by atoms with Crippen molar-refractivity contribution in [1.82, 2.24) is 9.80 Å². The molecule has 2 fully saturated rings. The first-order chi connectivity index (χ1) is 29.5. The Morgan fingerprint density at radius 2 is 1.08 bits per heavy atom. The number of hydrogen-bond donors (Lipinski definition) is 2. The maximum Gasteiger partial charge on any atom is 0.308 e. The van der Waals surface area contributed by atoms with Crippen molar-refractivity contribution >= 4 is 70.9 Å². The number of carboxylic acid groups (broad SMARTS) is 2. The fourth-order valence-corrected chi connectivity index (χ4v) is 9.80. The number of halogens is 2. The lowest BCUT2D eigenvalue weighted by molar-refractivity contribution is -0.215. The maximum absolute atomic E-state index is 13.4. The minimum absolute atomic E-state index is 0.154. The lowest BCUT2D eigenvalue weighted by atomic mass is 9.96. The van der Waals surface area contributed by atoms with Crippen LogP contribution in [0.3, 0.4) is 0 Å². The summed E-state index contributed by atoms with van der Waals surface area (Å²) in [5.74, 6) is -2.35. The van der Waals surface area contributed by atoms with E-state index in [1.54, 1.807) is 22.0 Å². The monoisotopic (exact) mass is 884 g/mol. The molecule has 0 spiro atoms. The van der Waals surface area contributed by atoms with Gasteiger partial charge in [0.2, 0.25) is 11.8 Å². The van der Waals surface area contributed by atoms with Crippen molar-refractivity contribution in [2.45, 2.75) is 48.3 Å². The van der Waals surface area contributed by atoms with E-state index in [4.69, 9.17) is 42.8 Å². The van der Waals surface area contributed by atoms with Crippen molar-refractivity contribution in [3.63, 3.8) is 0 Å². The fraction of sp³-hybridized carbons (Fsp3) is 0.304. The minimum Gasteiger partial charge on any atom is -0.481 e. The Labute approximate surface area is 366 Å². The molecule has 2 saturated heterocycles. The van der Waals surface area contributed by atoms with Gasteiger partial charge in [0, 0.05) is 83.2 Å². The molecule has 0 aliphatic carbocycles. The molecule has 8 rings (SSSR count). The van der Waals surface area contributed by atoms with Crippen LogP contribution < -0.4 is 9.78 Å². The number of carbonyl (C=O) groups excluding carboxylic acids is 2. The molecule has 4 aromatic rings. The highest BCUT2D eigenvalue weighted by Crippen LogP contribution is 2.47. The number of amides is 2. The van der Waals surface area contributed by atoms with Gasteiger partial charge in [0.1, 0.15) is 0 Å². The third kappa shape index (κ3) is 9.46. The standard InChI is InChI=1S/C46H42Cl2N2O10S/c47-43-37(13-7-27(9-15-39(51)49-19-1-3-33(25-49)45(53)54)41(43)31-5-11-35-29(23-31)17-21-57-59-35)61-38-14-8-28(10-16-40(52)50-20-2-4-34(26-50)46(55)56)42(44(38)48)32-6-12-36-30(24-32)18-22-58-60-36/h5-16,23-24,33-34H,1-4,17-22,25-26H2,(H,53,54)(H,55,56). The lowest BCUT2D eigenvalue weighted by Crippen LogP contribution is -2.41. The number of hydrogen-bond acceptors (Lipinski definition) is 9. The molecule has 2 amide bonds. The van der Waals surface area contributed by atoms with Crippen LogP contribution in [0.15, 0.2) is 82.6 Å². The molecule has 4 aromatic carbocycles. The summed E-state index contributed by atoms with van der Waals surface area (Å²) in [6.45, 7) is 2.06. The summed E-state index contributed by atoms with van der Waals surface area (Å²) < 4.78 is 0. The third-order valence-electron chi connectivity index (χ3n) is 11.4. The number of nitrogens with zero attached hydrogens (tertiary/aromatic N) is 2. The second-order valence-corrected chi connectivity index (χ2v) is 17.2. The van der Waals surface area contributed by atoms with Gasteiger partial charge in [-0.3, -0.25) is 19.2 Å². The van der Waals surface area contributed by atoms with E-state index in [1.165, 1.54) is 23.9 Å². The van der Waals surface area contributed by atoms with Gasteiger partial charge < -0.3 is 29.8 Å². The molecule has 0 radical (unpaired) electrons. The average molecular weight is 886 g/mol. The topological polar surface area (TPSA) is 152 Å². The molecular formula is C46H42Cl2N2O10S. The van der Waals surface area contributed by atoms with Gasteiger partial charge in [0.05, 0.1) is 35.1 Å². The molecule has 4 aliphatic rings. The first-order valence-electron chi connectivity index (χ1n) is 20.1. The van der Waals surface area contributed by atoms with Gasteiger partial charge in [0.15, 0.2) is 11.5 Å². The number of aliphatic carboxylic acids is 2. The van der Waals surface area contributed by atoms with Crippen molar-refractivity contribution in [1.29, 1.82) is 0 Å². The molecule has 4 aliphatic heterocycles. The highest BCUT2D eigenvalue weighted by atomic mass is 35.5. The van der Waals surface area contributed by atoms with Crippen LogP contribution in [-0.2, 0) is 41.8 Å². The number of fused-ring (bicyclic) bond motifs is 2. The van der Waals surface area contributed by atoms with Crippen molar-refractivity contribution in [3.05, 3.63) is 105 Å². The summed E-state index contributed by atoms with van der Waals surface area (Å²) in [7, 11) is 0. The van der Waals surface area contributed by atoms with Crippen molar-refractivity contribution in [3.8, 4) is 33.8 Å². The molecule has 4 heterocycles. The van der Waals surface area contributed by atoms with Gasteiger partial charge in [0.25, 0.3) is 0 Å². The molecular weight excluding hydrogens is 843 g/mol. The summed E-state index contributed by atoms with van der Waals surface area (Å²) in [5, 5.41) is 20.0. The van der Waals surface area contributed by atoms with Crippen LogP contribution in [0, 0.1) is 11.8 Å². The number of piperidine rings is 2. The van der Waals surface area contributed by atoms with Crippen molar-refractivity contribution < 1.29 is 48.9 Å². The largest absolute Gasteiger partial charge is 0.481 e. The number of benzene rings is 4. The van der Waals surface area contributed by atoms with E-state index in [9.17, 15) is 29.4 Å². The fourth-order valence-electron chi connectivity index (χ4n) is 8.11. The highest BCUT2D eigenvalue weighted by Gasteiger charge is 2.29. The van der Waals surface area contributed by atoms with Crippen LogP contribution in [-0.4, -0.2) is 83.2 Å². The average Bonchev–Trinajstić information content (AvgIpc) is 3.28. The Kier molecular flexibility index (Phi) is 13.0. The predicted molar refractivity (Wildman–Crippen MR) is 230 cm³/mol. The minimum atomic E-state index is -0.906. The molecule has 2 N–H and O–H groups in total. The summed E-state index contributed by atoms with van der Waals surface area (Å²) >= 11 is 16.1. The number of likely N-dealkylation sites (tertiary alicyclic amines) is 2. The van der Waals surface area contributed by atoms with Gasteiger partial charge in [-0.05, 0) is 96.5 Å². The van der Waals surface area contributed by atoms with Crippen molar-refractivity contribution in [2.75, 3.05) is 39.4 Å². The summed E-state index contributed by atoms with van der Waals surface area (Å²) in [6.07, 6.45) is 9.92. The van der Waals surface area contributed by atoms with E-state index in [0.29, 0.717) is 118 Å². The molecule has 0 bridgehead atoms. The van der Waals surface area contributed by atoms with Gasteiger partial charge in [-0.1, -0.05) is 59.2 Å². The molecule has 0 saturated carbocycles. The van der Waals surface area contributed by atoms with E-state index >= 15 is 0 Å². The van der Waals surface area contributed by atoms with Gasteiger partial charge in [-0.25, -0.2) is 0 Å². The number of carbonyl (C=O) groups is 4. The van der Waals surface area contributed by atoms with Crippen LogP contribution in [0.5, 0.6) is 11.5 Å². The van der Waals surface area contributed by atoms with Crippen LogP contribution >= 0.6 is 35.0 Å². The first-order valence-corrected chi connectivity index (χ1v) is 21.7. The van der Waals surface area contributed by atoms with E-state index in [0.717, 1.165) is 22.3 Å². The van der Waals surface area contributed by atoms with E-state index in [-0.39, 0.29) is 24.9 Å². The number of rotatable bonds is 10. The van der Waals surface area contributed by atoms with E-state index < -0.39 is 23.8 Å². The number of carboxylic acids is 2. The molecule has 316 valence electrons. The maximum atomic E-state index is 13.4. The van der Waals surface area contributed by atoms with Gasteiger partial charge >= 0.3 is 11.9 Å². The van der Waals surface area contributed by atoms with Gasteiger partial charge in [-0.15, -0.1) is 0 Å². The van der Waals surface area contributed by atoms with Crippen LogP contribution in [0.2, 0.25) is 10.0 Å². The first kappa shape index (κ1) is 42.4. The zero-order chi connectivity index (χ0) is 42.6. The van der Waals surface area contributed by atoms with E-state index in [2.05, 4.69) is 0 Å². The smallest absolute Gasteiger partial charge is 0.308 e. The molecule has 0 aromatic heterocycles. The van der Waals surface area contributed by atoms with Gasteiger partial charge in [-0.2, -0.15) is 9.78 Å². The van der Waals surface area contributed by atoms with Crippen LogP contribution in [0.4, 0.5) is 0 Å². The summed E-state index contributed by atoms with van der Waals surface area (Å²) in [4.78, 5) is 75.8.